The highest BCUT2D eigenvalue weighted by atomic mass is 35.5. The first kappa shape index (κ1) is 14.9. The Balaban J connectivity index is 2.16. The molecule has 2 rings (SSSR count). The van der Waals surface area contributed by atoms with Gasteiger partial charge in [0.25, 0.3) is 0 Å². The van der Waals surface area contributed by atoms with Gasteiger partial charge < -0.3 is 0 Å². The maximum Gasteiger partial charge on any atom is 0.127 e. The molecule has 0 radical (unpaired) electrons. The first-order chi connectivity index (χ1) is 9.61. The van der Waals surface area contributed by atoms with E-state index in [1.807, 2.05) is 0 Å². The first-order valence-electron chi connectivity index (χ1n) is 6.24. The molecule has 5 heteroatoms. The van der Waals surface area contributed by atoms with Crippen molar-refractivity contribution < 1.29 is 8.78 Å². The van der Waals surface area contributed by atoms with Crippen molar-refractivity contribution in [1.82, 2.24) is 5.43 Å². The Labute approximate surface area is 121 Å². The van der Waals surface area contributed by atoms with Gasteiger partial charge in [0, 0.05) is 16.6 Å². The van der Waals surface area contributed by atoms with Crippen LogP contribution in [0.4, 0.5) is 8.78 Å². The molecule has 0 aliphatic carbocycles. The summed E-state index contributed by atoms with van der Waals surface area (Å²) in [5.74, 6) is 4.80. The molecule has 0 aliphatic heterocycles. The molecular weight excluding hydrogens is 282 g/mol. The summed E-state index contributed by atoms with van der Waals surface area (Å²) in [7, 11) is 0. The molecule has 0 fully saturated rings. The topological polar surface area (TPSA) is 38.0 Å². The van der Waals surface area contributed by atoms with Gasteiger partial charge in [-0.15, -0.1) is 0 Å². The van der Waals surface area contributed by atoms with E-state index in [9.17, 15) is 8.78 Å². The summed E-state index contributed by atoms with van der Waals surface area (Å²) in [5, 5.41) is 0.346. The molecule has 0 saturated carbocycles. The molecule has 20 heavy (non-hydrogen) atoms. The van der Waals surface area contributed by atoms with E-state index < -0.39 is 0 Å². The molecule has 2 nitrogen and oxygen atoms in total. The second-order valence-corrected chi connectivity index (χ2v) is 4.97. The number of hydrazine groups is 1. The average Bonchev–Trinajstić information content (AvgIpc) is 2.44. The summed E-state index contributed by atoms with van der Waals surface area (Å²) in [6.45, 7) is 0. The van der Waals surface area contributed by atoms with Gasteiger partial charge in [-0.1, -0.05) is 35.9 Å². The van der Waals surface area contributed by atoms with E-state index in [0.29, 0.717) is 22.6 Å². The smallest absolute Gasteiger partial charge is 0.127 e. The summed E-state index contributed by atoms with van der Waals surface area (Å²) in [5.41, 5.74) is 3.50. The minimum atomic E-state index is -0.383. The monoisotopic (exact) mass is 296 g/mol. The summed E-state index contributed by atoms with van der Waals surface area (Å²) < 4.78 is 27.4. The third kappa shape index (κ3) is 3.54. The molecular formula is C15H15ClF2N2. The van der Waals surface area contributed by atoms with Crippen LogP contribution in [0.1, 0.15) is 11.1 Å². The quantitative estimate of drug-likeness (QED) is 0.657. The van der Waals surface area contributed by atoms with Crippen molar-refractivity contribution >= 4 is 11.6 Å². The van der Waals surface area contributed by atoms with Crippen molar-refractivity contribution in [2.75, 3.05) is 0 Å². The maximum absolute atomic E-state index is 13.7. The van der Waals surface area contributed by atoms with Crippen LogP contribution in [0, 0.1) is 11.6 Å². The molecule has 2 aromatic carbocycles. The fraction of sp³-hybridized carbons (Fsp3) is 0.200. The Morgan fingerprint density at radius 2 is 1.70 bits per heavy atom. The number of hydrogen-bond donors (Lipinski definition) is 2. The van der Waals surface area contributed by atoms with E-state index in [2.05, 4.69) is 5.43 Å². The van der Waals surface area contributed by atoms with Crippen molar-refractivity contribution in [3.05, 3.63) is 70.2 Å². The van der Waals surface area contributed by atoms with Gasteiger partial charge in [-0.2, -0.15) is 0 Å². The number of rotatable bonds is 5. The Morgan fingerprint density at radius 3 is 2.35 bits per heavy atom. The summed E-state index contributed by atoms with van der Waals surface area (Å²) >= 11 is 5.98. The van der Waals surface area contributed by atoms with Gasteiger partial charge in [-0.05, 0) is 36.6 Å². The molecule has 0 bridgehead atoms. The van der Waals surface area contributed by atoms with Crippen LogP contribution in [0.3, 0.4) is 0 Å². The maximum atomic E-state index is 13.7. The Hall–Kier alpha value is -1.49. The lowest BCUT2D eigenvalue weighted by atomic mass is 9.99. The number of nitrogens with one attached hydrogen (secondary N) is 1. The zero-order valence-electron chi connectivity index (χ0n) is 10.7. The number of benzene rings is 2. The minimum absolute atomic E-state index is 0.288. The SMILES string of the molecule is NNC(Cc1ccccc1F)Cc1c(F)cccc1Cl. The molecule has 0 aromatic heterocycles. The highest BCUT2D eigenvalue weighted by molar-refractivity contribution is 6.31. The van der Waals surface area contributed by atoms with Crippen LogP contribution < -0.4 is 11.3 Å². The van der Waals surface area contributed by atoms with Gasteiger partial charge in [0.2, 0.25) is 0 Å². The lowest BCUT2D eigenvalue weighted by Crippen LogP contribution is -2.38. The van der Waals surface area contributed by atoms with Crippen molar-refractivity contribution in [2.24, 2.45) is 5.84 Å². The van der Waals surface area contributed by atoms with E-state index in [0.717, 1.165) is 0 Å². The second kappa shape index (κ2) is 6.79. The van der Waals surface area contributed by atoms with Gasteiger partial charge in [0.1, 0.15) is 11.6 Å². The van der Waals surface area contributed by atoms with Crippen LogP contribution in [0.5, 0.6) is 0 Å². The van der Waals surface area contributed by atoms with E-state index >= 15 is 0 Å². The zero-order chi connectivity index (χ0) is 14.5. The lowest BCUT2D eigenvalue weighted by molar-refractivity contribution is 0.494. The molecule has 0 heterocycles. The molecule has 0 amide bonds. The number of halogens is 3. The summed E-state index contributed by atoms with van der Waals surface area (Å²) in [6.07, 6.45) is 0.643. The standard InChI is InChI=1S/C15H15ClF2N2/c16-13-5-3-7-15(18)12(13)9-11(20-19)8-10-4-1-2-6-14(10)17/h1-7,11,20H,8-9,19H2. The molecule has 3 N–H and O–H groups in total. The fourth-order valence-electron chi connectivity index (χ4n) is 2.09. The normalized spacial score (nSPS) is 12.4. The van der Waals surface area contributed by atoms with Crippen molar-refractivity contribution in [3.8, 4) is 0 Å². The van der Waals surface area contributed by atoms with Gasteiger partial charge in [-0.25, -0.2) is 8.78 Å². The third-order valence-electron chi connectivity index (χ3n) is 3.17. The number of hydrogen-bond acceptors (Lipinski definition) is 2. The van der Waals surface area contributed by atoms with Crippen molar-refractivity contribution in [3.63, 3.8) is 0 Å². The Kier molecular flexibility index (Phi) is 5.06. The molecule has 0 saturated heterocycles. The highest BCUT2D eigenvalue weighted by Gasteiger charge is 2.15. The Morgan fingerprint density at radius 1 is 1.00 bits per heavy atom. The molecule has 1 unspecified atom stereocenters. The second-order valence-electron chi connectivity index (χ2n) is 4.56. The van der Waals surface area contributed by atoms with Crippen LogP contribution in [0.15, 0.2) is 42.5 Å². The predicted molar refractivity (Wildman–Crippen MR) is 76.3 cm³/mol. The first-order valence-corrected chi connectivity index (χ1v) is 6.62. The van der Waals surface area contributed by atoms with Crippen LogP contribution in [0.25, 0.3) is 0 Å². The largest absolute Gasteiger partial charge is 0.271 e. The van der Waals surface area contributed by atoms with Crippen molar-refractivity contribution in [1.29, 1.82) is 0 Å². The van der Waals surface area contributed by atoms with E-state index in [1.165, 1.54) is 12.1 Å². The minimum Gasteiger partial charge on any atom is -0.271 e. The lowest BCUT2D eigenvalue weighted by Gasteiger charge is -2.17. The summed E-state index contributed by atoms with van der Waals surface area (Å²) in [4.78, 5) is 0. The summed E-state index contributed by atoms with van der Waals surface area (Å²) in [6, 6.07) is 10.7. The van der Waals surface area contributed by atoms with Crippen LogP contribution in [0.2, 0.25) is 5.02 Å². The average molecular weight is 297 g/mol. The molecule has 1 atom stereocenters. The molecule has 0 aliphatic rings. The predicted octanol–water partition coefficient (Wildman–Crippen LogP) is 3.24. The molecule has 0 spiro atoms. The fourth-order valence-corrected chi connectivity index (χ4v) is 2.33. The van der Waals surface area contributed by atoms with Crippen LogP contribution >= 0.6 is 11.6 Å². The third-order valence-corrected chi connectivity index (χ3v) is 3.53. The zero-order valence-corrected chi connectivity index (χ0v) is 11.5. The molecule has 106 valence electrons. The van der Waals surface area contributed by atoms with Crippen LogP contribution in [-0.2, 0) is 12.8 Å². The van der Waals surface area contributed by atoms with Gasteiger partial charge in [0.15, 0.2) is 0 Å². The van der Waals surface area contributed by atoms with E-state index in [4.69, 9.17) is 17.4 Å². The van der Waals surface area contributed by atoms with Gasteiger partial charge in [-0.3, -0.25) is 11.3 Å². The van der Waals surface area contributed by atoms with Crippen molar-refractivity contribution in [2.45, 2.75) is 18.9 Å². The van der Waals surface area contributed by atoms with E-state index in [1.54, 1.807) is 30.3 Å². The van der Waals surface area contributed by atoms with E-state index in [-0.39, 0.29) is 24.1 Å². The molecule has 2 aromatic rings. The Bertz CT molecular complexity index is 570. The number of nitrogens with two attached hydrogens (primary N) is 1. The van der Waals surface area contributed by atoms with Gasteiger partial charge >= 0.3 is 0 Å². The highest BCUT2D eigenvalue weighted by Crippen LogP contribution is 2.21. The van der Waals surface area contributed by atoms with Crippen LogP contribution in [-0.4, -0.2) is 6.04 Å². The van der Waals surface area contributed by atoms with Gasteiger partial charge in [0.05, 0.1) is 0 Å².